The fraction of sp³-hybridized carbons (Fsp3) is 0.667. The maximum absolute atomic E-state index is 11.8. The fourth-order valence-electron chi connectivity index (χ4n) is 2.56. The first kappa shape index (κ1) is 15.5. The van der Waals surface area contributed by atoms with Crippen LogP contribution in [0.15, 0.2) is 12.3 Å². The van der Waals surface area contributed by atoms with Gasteiger partial charge in [-0.1, -0.05) is 0 Å². The number of carbonyl (C=O) groups excluding carboxylic acids is 1. The van der Waals surface area contributed by atoms with Gasteiger partial charge in [-0.15, -0.1) is 0 Å². The van der Waals surface area contributed by atoms with Crippen LogP contribution in [-0.2, 0) is 9.53 Å². The summed E-state index contributed by atoms with van der Waals surface area (Å²) in [6.07, 6.45) is 4.16. The molecule has 116 valence electrons. The van der Waals surface area contributed by atoms with Gasteiger partial charge < -0.3 is 14.4 Å². The van der Waals surface area contributed by atoms with Crippen LogP contribution in [0.2, 0.25) is 0 Å². The minimum absolute atomic E-state index is 0.0566. The molecule has 0 radical (unpaired) electrons. The lowest BCUT2D eigenvalue weighted by molar-refractivity contribution is -0.148. The number of ether oxygens (including phenoxy) is 2. The third-order valence-corrected chi connectivity index (χ3v) is 3.45. The monoisotopic (exact) mass is 293 g/mol. The average molecular weight is 293 g/mol. The Morgan fingerprint density at radius 3 is 3.05 bits per heavy atom. The molecule has 0 aliphatic carbocycles. The minimum Gasteiger partial charge on any atom is -0.481 e. The van der Waals surface area contributed by atoms with E-state index in [1.165, 1.54) is 0 Å². The van der Waals surface area contributed by atoms with Crippen LogP contribution in [0, 0.1) is 5.92 Å². The average Bonchev–Trinajstić information content (AvgIpc) is 2.46. The number of methoxy groups -OCH3 is 1. The Balaban J connectivity index is 1.95. The molecule has 2 rings (SSSR count). The number of anilines is 1. The Labute approximate surface area is 125 Å². The molecule has 1 aromatic rings. The molecule has 0 saturated carbocycles. The van der Waals surface area contributed by atoms with Crippen molar-refractivity contribution in [3.8, 4) is 5.88 Å². The first-order chi connectivity index (χ1) is 10.1. The molecule has 2 heterocycles. The summed E-state index contributed by atoms with van der Waals surface area (Å²) < 4.78 is 10.4. The van der Waals surface area contributed by atoms with E-state index in [1.807, 2.05) is 13.8 Å². The van der Waals surface area contributed by atoms with Crippen molar-refractivity contribution in [2.45, 2.75) is 39.2 Å². The highest BCUT2D eigenvalue weighted by molar-refractivity contribution is 5.70. The van der Waals surface area contributed by atoms with Gasteiger partial charge in [-0.25, -0.2) is 4.98 Å². The van der Waals surface area contributed by atoms with Crippen LogP contribution in [0.3, 0.4) is 0 Å². The number of esters is 1. The Morgan fingerprint density at radius 1 is 1.52 bits per heavy atom. The van der Waals surface area contributed by atoms with Crippen LogP contribution in [0.5, 0.6) is 5.88 Å². The van der Waals surface area contributed by atoms with E-state index in [2.05, 4.69) is 14.9 Å². The second-order valence-corrected chi connectivity index (χ2v) is 5.60. The number of hydrogen-bond acceptors (Lipinski definition) is 6. The summed E-state index contributed by atoms with van der Waals surface area (Å²) in [6.45, 7) is 5.42. The zero-order valence-corrected chi connectivity index (χ0v) is 12.9. The van der Waals surface area contributed by atoms with Gasteiger partial charge in [0.2, 0.25) is 11.8 Å². The van der Waals surface area contributed by atoms with E-state index in [1.54, 1.807) is 19.4 Å². The lowest BCUT2D eigenvalue weighted by Gasteiger charge is -2.32. The first-order valence-electron chi connectivity index (χ1n) is 7.40. The number of carbonyl (C=O) groups is 1. The molecule has 1 aromatic heterocycles. The summed E-state index contributed by atoms with van der Waals surface area (Å²) in [5, 5.41) is 0. The lowest BCUT2D eigenvalue weighted by atomic mass is 9.95. The molecule has 21 heavy (non-hydrogen) atoms. The molecule has 0 unspecified atom stereocenters. The van der Waals surface area contributed by atoms with Crippen LogP contribution < -0.4 is 9.64 Å². The van der Waals surface area contributed by atoms with Crippen LogP contribution >= 0.6 is 0 Å². The topological polar surface area (TPSA) is 64.5 Å². The summed E-state index contributed by atoms with van der Waals surface area (Å²) in [5.74, 6) is 1.39. The van der Waals surface area contributed by atoms with Crippen molar-refractivity contribution >= 4 is 11.9 Å². The highest BCUT2D eigenvalue weighted by atomic mass is 16.5. The van der Waals surface area contributed by atoms with Gasteiger partial charge in [0.1, 0.15) is 0 Å². The maximum Gasteiger partial charge on any atom is 0.306 e. The Bertz CT molecular complexity index is 479. The lowest BCUT2D eigenvalue weighted by Crippen LogP contribution is -2.37. The summed E-state index contributed by atoms with van der Waals surface area (Å²) in [7, 11) is 1.59. The van der Waals surface area contributed by atoms with E-state index in [-0.39, 0.29) is 12.1 Å². The van der Waals surface area contributed by atoms with Crippen molar-refractivity contribution in [1.29, 1.82) is 0 Å². The van der Waals surface area contributed by atoms with Crippen molar-refractivity contribution in [1.82, 2.24) is 9.97 Å². The van der Waals surface area contributed by atoms with Crippen LogP contribution in [0.4, 0.5) is 5.95 Å². The molecule has 1 saturated heterocycles. The molecule has 6 heteroatoms. The highest BCUT2D eigenvalue weighted by Crippen LogP contribution is 2.24. The van der Waals surface area contributed by atoms with Crippen molar-refractivity contribution in [2.75, 3.05) is 25.1 Å². The maximum atomic E-state index is 11.8. The van der Waals surface area contributed by atoms with Gasteiger partial charge in [-0.05, 0) is 32.6 Å². The molecule has 0 N–H and O–H groups in total. The molecule has 6 nitrogen and oxygen atoms in total. The second-order valence-electron chi connectivity index (χ2n) is 5.60. The normalized spacial score (nSPS) is 18.7. The second kappa shape index (κ2) is 7.24. The van der Waals surface area contributed by atoms with Gasteiger partial charge in [-0.3, -0.25) is 4.79 Å². The van der Waals surface area contributed by atoms with Crippen molar-refractivity contribution < 1.29 is 14.3 Å². The predicted molar refractivity (Wildman–Crippen MR) is 79.4 cm³/mol. The summed E-state index contributed by atoms with van der Waals surface area (Å²) in [4.78, 5) is 22.5. The van der Waals surface area contributed by atoms with Crippen LogP contribution in [0.25, 0.3) is 0 Å². The van der Waals surface area contributed by atoms with E-state index in [4.69, 9.17) is 9.47 Å². The van der Waals surface area contributed by atoms with Gasteiger partial charge in [0.25, 0.3) is 0 Å². The molecule has 1 fully saturated rings. The predicted octanol–water partition coefficient (Wildman–Crippen LogP) is 2.04. The first-order valence-corrected chi connectivity index (χ1v) is 7.40. The number of hydrogen-bond donors (Lipinski definition) is 0. The molecule has 1 atom stereocenters. The Morgan fingerprint density at radius 2 is 2.33 bits per heavy atom. The SMILES string of the molecule is COc1ccnc(N2CCC[C@H](CC(=O)OC(C)C)C2)n1. The van der Waals surface area contributed by atoms with E-state index in [9.17, 15) is 4.79 Å². The van der Waals surface area contributed by atoms with Gasteiger partial charge >= 0.3 is 5.97 Å². The zero-order valence-electron chi connectivity index (χ0n) is 12.9. The third-order valence-electron chi connectivity index (χ3n) is 3.45. The zero-order chi connectivity index (χ0) is 15.2. The largest absolute Gasteiger partial charge is 0.481 e. The van der Waals surface area contributed by atoms with Crippen molar-refractivity contribution in [2.24, 2.45) is 5.92 Å². The van der Waals surface area contributed by atoms with Crippen molar-refractivity contribution in [3.63, 3.8) is 0 Å². The third kappa shape index (κ3) is 4.58. The smallest absolute Gasteiger partial charge is 0.306 e. The summed E-state index contributed by atoms with van der Waals surface area (Å²) >= 11 is 0. The molecule has 0 spiro atoms. The van der Waals surface area contributed by atoms with E-state index in [0.717, 1.165) is 25.9 Å². The van der Waals surface area contributed by atoms with Gasteiger partial charge in [0, 0.05) is 25.4 Å². The highest BCUT2D eigenvalue weighted by Gasteiger charge is 2.24. The number of aromatic nitrogens is 2. The van der Waals surface area contributed by atoms with Gasteiger partial charge in [-0.2, -0.15) is 4.98 Å². The molecular formula is C15H23N3O3. The molecule has 0 amide bonds. The van der Waals surface area contributed by atoms with Gasteiger partial charge in [0.05, 0.1) is 19.6 Å². The summed E-state index contributed by atoms with van der Waals surface area (Å²) in [5.41, 5.74) is 0. The number of piperidine rings is 1. The number of nitrogens with zero attached hydrogens (tertiary/aromatic N) is 3. The standard InChI is InChI=1S/C15H23N3O3/c1-11(2)21-14(19)9-12-5-4-8-18(10-12)15-16-7-6-13(17-15)20-3/h6-7,11-12H,4-5,8-10H2,1-3H3/t12-/m1/s1. The van der Waals surface area contributed by atoms with Crippen LogP contribution in [-0.4, -0.2) is 42.2 Å². The van der Waals surface area contributed by atoms with E-state index >= 15 is 0 Å². The van der Waals surface area contributed by atoms with Crippen molar-refractivity contribution in [3.05, 3.63) is 12.3 Å². The molecule has 1 aliphatic rings. The van der Waals surface area contributed by atoms with Crippen LogP contribution in [0.1, 0.15) is 33.1 Å². The van der Waals surface area contributed by atoms with Gasteiger partial charge in [0.15, 0.2) is 0 Å². The van der Waals surface area contributed by atoms with E-state index < -0.39 is 0 Å². The minimum atomic E-state index is -0.122. The Hall–Kier alpha value is -1.85. The number of rotatable bonds is 5. The summed E-state index contributed by atoms with van der Waals surface area (Å²) in [6, 6.07) is 1.73. The Kier molecular flexibility index (Phi) is 5.36. The molecule has 1 aliphatic heterocycles. The molecule has 0 aromatic carbocycles. The fourth-order valence-corrected chi connectivity index (χ4v) is 2.56. The quantitative estimate of drug-likeness (QED) is 0.774. The molecular weight excluding hydrogens is 270 g/mol. The van der Waals surface area contributed by atoms with E-state index in [0.29, 0.717) is 24.2 Å². The molecule has 0 bridgehead atoms.